The number of carbonyl (C=O) groups excluding carboxylic acids is 1. The van der Waals surface area contributed by atoms with Gasteiger partial charge < -0.3 is 14.8 Å². The first-order chi connectivity index (χ1) is 16.3. The Morgan fingerprint density at radius 3 is 2.47 bits per heavy atom. The maximum atomic E-state index is 13.2. The van der Waals surface area contributed by atoms with Crippen molar-refractivity contribution in [3.63, 3.8) is 0 Å². The normalized spacial score (nSPS) is 12.8. The highest BCUT2D eigenvalue weighted by molar-refractivity contribution is 7.22. The van der Waals surface area contributed by atoms with Gasteiger partial charge in [0.1, 0.15) is 11.8 Å². The van der Waals surface area contributed by atoms with Crippen molar-refractivity contribution in [2.75, 3.05) is 25.0 Å². The van der Waals surface area contributed by atoms with Gasteiger partial charge in [-0.3, -0.25) is 9.69 Å². The molecule has 0 radical (unpaired) electrons. The van der Waals surface area contributed by atoms with E-state index in [-0.39, 0.29) is 18.3 Å². The van der Waals surface area contributed by atoms with Crippen LogP contribution in [0.1, 0.15) is 32.3 Å². The lowest BCUT2D eigenvalue weighted by atomic mass is 10.2. The zero-order chi connectivity index (χ0) is 24.6. The summed E-state index contributed by atoms with van der Waals surface area (Å²) in [7, 11) is 0. The van der Waals surface area contributed by atoms with Gasteiger partial charge in [-0.2, -0.15) is 0 Å². The van der Waals surface area contributed by atoms with Gasteiger partial charge in [-0.15, -0.1) is 13.2 Å². The first-order valence-electron chi connectivity index (χ1n) is 11.1. The number of hydrogen-bond acceptors (Lipinski definition) is 6. The Kier molecular flexibility index (Phi) is 9.26. The van der Waals surface area contributed by atoms with E-state index in [2.05, 4.69) is 33.8 Å². The number of nitrogens with zero attached hydrogens (tertiary/aromatic N) is 2. The topological polar surface area (TPSA) is 63.7 Å². The summed E-state index contributed by atoms with van der Waals surface area (Å²) < 4.78 is 47.9. The average molecular weight is 496 g/mol. The van der Waals surface area contributed by atoms with Crippen LogP contribution in [0.15, 0.2) is 48.5 Å². The first kappa shape index (κ1) is 25.9. The Morgan fingerprint density at radius 1 is 1.12 bits per heavy atom. The van der Waals surface area contributed by atoms with E-state index in [1.165, 1.54) is 18.2 Å². The average Bonchev–Trinajstić information content (AvgIpc) is 3.17. The maximum Gasteiger partial charge on any atom is 0.573 e. The van der Waals surface area contributed by atoms with E-state index in [1.807, 2.05) is 30.3 Å². The number of thiazole rings is 1. The van der Waals surface area contributed by atoms with Crippen molar-refractivity contribution in [1.82, 2.24) is 9.88 Å². The second-order valence-electron chi connectivity index (χ2n) is 7.74. The van der Waals surface area contributed by atoms with Crippen LogP contribution in [0.3, 0.4) is 0 Å². The fraction of sp³-hybridized carbons (Fsp3) is 0.417. The number of anilines is 1. The minimum absolute atomic E-state index is 0.204. The maximum absolute atomic E-state index is 13.2. The molecule has 0 unspecified atom stereocenters. The van der Waals surface area contributed by atoms with Crippen LogP contribution < -0.4 is 10.1 Å². The van der Waals surface area contributed by atoms with Crippen molar-refractivity contribution in [3.8, 4) is 5.75 Å². The molecule has 3 rings (SSSR count). The zero-order valence-corrected chi connectivity index (χ0v) is 19.9. The van der Waals surface area contributed by atoms with E-state index in [0.29, 0.717) is 22.0 Å². The first-order valence-corrected chi connectivity index (χ1v) is 11.9. The van der Waals surface area contributed by atoms with Crippen LogP contribution >= 0.6 is 11.3 Å². The van der Waals surface area contributed by atoms with Crippen LogP contribution in [0, 0.1) is 0 Å². The van der Waals surface area contributed by atoms with Gasteiger partial charge in [-0.05, 0) is 43.6 Å². The van der Waals surface area contributed by atoms with Crippen molar-refractivity contribution >= 4 is 32.6 Å². The number of amides is 1. The van der Waals surface area contributed by atoms with Gasteiger partial charge in [0.15, 0.2) is 5.13 Å². The molecule has 3 aromatic rings. The molecule has 0 aliphatic rings. The molecule has 0 spiro atoms. The predicted octanol–water partition coefficient (Wildman–Crippen LogP) is 5.84. The van der Waals surface area contributed by atoms with Gasteiger partial charge in [-0.1, -0.05) is 55.5 Å². The van der Waals surface area contributed by atoms with Crippen LogP contribution in [0.2, 0.25) is 0 Å². The van der Waals surface area contributed by atoms with Crippen molar-refractivity contribution in [2.45, 2.75) is 45.7 Å². The Labute approximate surface area is 200 Å². The molecule has 0 bridgehead atoms. The molecule has 184 valence electrons. The molecular weight excluding hydrogens is 467 g/mol. The van der Waals surface area contributed by atoms with Crippen molar-refractivity contribution in [2.24, 2.45) is 0 Å². The third kappa shape index (κ3) is 7.68. The van der Waals surface area contributed by atoms with E-state index in [0.717, 1.165) is 42.8 Å². The Morgan fingerprint density at radius 2 is 1.82 bits per heavy atom. The Bertz CT molecular complexity index is 1050. The molecule has 1 aromatic heterocycles. The Hall–Kier alpha value is -2.69. The number of nitrogens with one attached hydrogen (secondary N) is 1. The fourth-order valence-electron chi connectivity index (χ4n) is 3.55. The number of alkyl halides is 3. The van der Waals surface area contributed by atoms with Gasteiger partial charge in [0.2, 0.25) is 5.91 Å². The highest BCUT2D eigenvalue weighted by Crippen LogP contribution is 2.31. The summed E-state index contributed by atoms with van der Waals surface area (Å²) in [5.41, 5.74) is 1.49. The molecule has 0 saturated heterocycles. The van der Waals surface area contributed by atoms with E-state index < -0.39 is 12.4 Å². The lowest BCUT2D eigenvalue weighted by molar-refractivity contribution is -0.274. The van der Waals surface area contributed by atoms with Gasteiger partial charge >= 0.3 is 6.36 Å². The van der Waals surface area contributed by atoms with E-state index >= 15 is 0 Å². The minimum Gasteiger partial charge on any atom is -0.406 e. The molecule has 10 heteroatoms. The largest absolute Gasteiger partial charge is 0.573 e. The molecule has 2 aromatic carbocycles. The van der Waals surface area contributed by atoms with Crippen molar-refractivity contribution < 1.29 is 27.4 Å². The molecule has 0 aliphatic carbocycles. The van der Waals surface area contributed by atoms with Crippen molar-refractivity contribution in [1.29, 1.82) is 0 Å². The summed E-state index contributed by atoms with van der Waals surface area (Å²) in [4.78, 5) is 19.7. The highest BCUT2D eigenvalue weighted by atomic mass is 32.1. The van der Waals surface area contributed by atoms with Gasteiger partial charge in [0, 0.05) is 6.07 Å². The predicted molar refractivity (Wildman–Crippen MR) is 127 cm³/mol. The number of fused-ring (bicyclic) bond motifs is 1. The van der Waals surface area contributed by atoms with Crippen LogP contribution in [0.25, 0.3) is 10.2 Å². The molecule has 6 nitrogen and oxygen atoms in total. The van der Waals surface area contributed by atoms with Crippen molar-refractivity contribution in [3.05, 3.63) is 54.1 Å². The molecule has 0 saturated carbocycles. The van der Waals surface area contributed by atoms with Gasteiger partial charge in [-0.25, -0.2) is 4.98 Å². The third-order valence-corrected chi connectivity index (χ3v) is 5.91. The number of hydrogen-bond donors (Lipinski definition) is 1. The van der Waals surface area contributed by atoms with Gasteiger partial charge in [0.25, 0.3) is 0 Å². The van der Waals surface area contributed by atoms with E-state index in [1.54, 1.807) is 0 Å². The quantitative estimate of drug-likeness (QED) is 0.342. The molecule has 0 aliphatic heterocycles. The monoisotopic (exact) mass is 495 g/mol. The lowest BCUT2D eigenvalue weighted by Gasteiger charge is -2.29. The van der Waals surface area contributed by atoms with E-state index in [9.17, 15) is 18.0 Å². The van der Waals surface area contributed by atoms with Crippen LogP contribution in [-0.2, 0) is 16.1 Å². The van der Waals surface area contributed by atoms with Crippen LogP contribution in [0.4, 0.5) is 18.3 Å². The number of aromatic nitrogens is 1. The molecule has 1 amide bonds. The summed E-state index contributed by atoms with van der Waals surface area (Å²) in [6.45, 7) is 6.17. The summed E-state index contributed by atoms with van der Waals surface area (Å²) in [6, 6.07) is 13.1. The summed E-state index contributed by atoms with van der Waals surface area (Å²) >= 11 is 1.09. The second kappa shape index (κ2) is 12.1. The minimum atomic E-state index is -4.77. The smallest absolute Gasteiger partial charge is 0.406 e. The summed E-state index contributed by atoms with van der Waals surface area (Å²) in [6.07, 6.45) is -3.01. The molecule has 1 N–H and O–H groups in total. The van der Waals surface area contributed by atoms with Crippen LogP contribution in [-0.4, -0.2) is 47.9 Å². The number of halogens is 3. The third-order valence-electron chi connectivity index (χ3n) is 4.98. The summed E-state index contributed by atoms with van der Waals surface area (Å²) in [5.74, 6) is -0.591. The summed E-state index contributed by atoms with van der Waals surface area (Å²) in [5, 5.41) is 3.14. The number of benzene rings is 2. The standard InChI is InChI=1S/C24H28F3N3O3S/c1-3-12-30(13-4-2)20(16-32-15-17-8-6-5-7-9-17)22(31)29-23-28-19-11-10-18(14-21(19)34-23)33-24(25,26)27/h5-11,14,20H,3-4,12-13,15-16H2,1-2H3,(H,28,29,31)/t20-/m0/s1. The fourth-order valence-corrected chi connectivity index (χ4v) is 4.45. The number of rotatable bonds is 12. The number of ether oxygens (including phenoxy) is 2. The van der Waals surface area contributed by atoms with E-state index in [4.69, 9.17) is 4.74 Å². The molecule has 0 fully saturated rings. The second-order valence-corrected chi connectivity index (χ2v) is 8.77. The molecular formula is C24H28F3N3O3S. The SMILES string of the molecule is CCCN(CCC)[C@@H](COCc1ccccc1)C(=O)Nc1nc2ccc(OC(F)(F)F)cc2s1. The molecule has 1 heterocycles. The molecule has 34 heavy (non-hydrogen) atoms. The zero-order valence-electron chi connectivity index (χ0n) is 19.1. The molecule has 1 atom stereocenters. The Balaban J connectivity index is 1.73. The lowest BCUT2D eigenvalue weighted by Crippen LogP contribution is -2.47. The highest BCUT2D eigenvalue weighted by Gasteiger charge is 2.31. The number of carbonyl (C=O) groups is 1. The van der Waals surface area contributed by atoms with Crippen LogP contribution in [0.5, 0.6) is 5.75 Å². The van der Waals surface area contributed by atoms with Gasteiger partial charge in [0.05, 0.1) is 23.4 Å².